The quantitative estimate of drug-likeness (QED) is 0.467. The summed E-state index contributed by atoms with van der Waals surface area (Å²) in [5.74, 6) is 2.52. The van der Waals surface area contributed by atoms with E-state index in [4.69, 9.17) is 0 Å². The van der Waals surface area contributed by atoms with Crippen molar-refractivity contribution < 1.29 is 21.5 Å². The molecule has 0 aromatic carbocycles. The normalized spacial score (nSPS) is 12.3. The number of unbranched alkanes of at least 4 members (excludes halogenated alkanes) is 1. The minimum atomic E-state index is 0. The molecule has 0 rings (SSSR count). The first-order valence-corrected chi connectivity index (χ1v) is 9.16. The van der Waals surface area contributed by atoms with Gasteiger partial charge in [0.2, 0.25) is 0 Å². The van der Waals surface area contributed by atoms with Crippen molar-refractivity contribution >= 4 is 0 Å². The van der Waals surface area contributed by atoms with Crippen molar-refractivity contribution in [3.05, 3.63) is 0 Å². The van der Waals surface area contributed by atoms with E-state index in [2.05, 4.69) is 48.5 Å². The first kappa shape index (κ1) is 23.7. The van der Waals surface area contributed by atoms with Crippen molar-refractivity contribution in [2.45, 2.75) is 80.6 Å². The average Bonchev–Trinajstić information content (AvgIpc) is 2.36. The van der Waals surface area contributed by atoms with Gasteiger partial charge < -0.3 is 21.5 Å². The second-order valence-corrected chi connectivity index (χ2v) is 8.14. The van der Waals surface area contributed by atoms with Gasteiger partial charge in [-0.25, -0.2) is 0 Å². The number of rotatable bonds is 12. The zero-order valence-electron chi connectivity index (χ0n) is 15.9. The van der Waals surface area contributed by atoms with E-state index in [-0.39, 0.29) is 17.0 Å². The lowest BCUT2D eigenvalue weighted by atomic mass is 10.0. The third kappa shape index (κ3) is 12.6. The van der Waals surface area contributed by atoms with Crippen molar-refractivity contribution in [3.63, 3.8) is 0 Å². The first-order chi connectivity index (χ1) is 9.31. The minimum Gasteiger partial charge on any atom is -1.00 e. The van der Waals surface area contributed by atoms with Gasteiger partial charge in [-0.3, -0.25) is 0 Å². The fraction of sp³-hybridized carbons (Fsp3) is 1.00. The molecule has 0 spiro atoms. The molecule has 0 unspecified atom stereocenters. The summed E-state index contributed by atoms with van der Waals surface area (Å²) < 4.78 is 1.39. The van der Waals surface area contributed by atoms with Crippen LogP contribution in [0.15, 0.2) is 0 Å². The van der Waals surface area contributed by atoms with E-state index < -0.39 is 0 Å². The van der Waals surface area contributed by atoms with Gasteiger partial charge in [-0.2, -0.15) is 0 Å². The SMILES string of the molecule is CCCC[N+](CCC(C)C)(CCC(C)C)CCC(C)C.[Br-]. The second kappa shape index (κ2) is 12.9. The maximum atomic E-state index is 2.37. The maximum absolute atomic E-state index is 2.37. The van der Waals surface area contributed by atoms with Crippen molar-refractivity contribution in [1.29, 1.82) is 0 Å². The molecule has 0 radical (unpaired) electrons. The lowest BCUT2D eigenvalue weighted by molar-refractivity contribution is -0.929. The van der Waals surface area contributed by atoms with Crippen LogP contribution < -0.4 is 17.0 Å². The van der Waals surface area contributed by atoms with Crippen LogP contribution in [0.4, 0.5) is 0 Å². The van der Waals surface area contributed by atoms with Crippen molar-refractivity contribution in [2.75, 3.05) is 26.2 Å². The van der Waals surface area contributed by atoms with Crippen LogP contribution in [0.1, 0.15) is 80.6 Å². The van der Waals surface area contributed by atoms with Gasteiger partial charge in [-0.1, -0.05) is 54.9 Å². The predicted octanol–water partition coefficient (Wildman–Crippen LogP) is 2.75. The Balaban J connectivity index is 0. The maximum Gasteiger partial charge on any atom is 0.0789 e. The van der Waals surface area contributed by atoms with E-state index in [1.165, 1.54) is 62.8 Å². The predicted molar refractivity (Wildman–Crippen MR) is 93.0 cm³/mol. The molecular formula is C19H42BrN. The first-order valence-electron chi connectivity index (χ1n) is 9.16. The summed E-state index contributed by atoms with van der Waals surface area (Å²) in [7, 11) is 0. The van der Waals surface area contributed by atoms with Gasteiger partial charge in [0.15, 0.2) is 0 Å². The van der Waals surface area contributed by atoms with Gasteiger partial charge in [0.05, 0.1) is 26.2 Å². The molecule has 2 heteroatoms. The van der Waals surface area contributed by atoms with Crippen LogP contribution in [-0.4, -0.2) is 30.7 Å². The molecule has 21 heavy (non-hydrogen) atoms. The Morgan fingerprint density at radius 2 is 0.952 bits per heavy atom. The molecule has 0 aliphatic rings. The number of nitrogens with zero attached hydrogens (tertiary/aromatic N) is 1. The fourth-order valence-electron chi connectivity index (χ4n) is 2.76. The monoisotopic (exact) mass is 363 g/mol. The number of hydrogen-bond acceptors (Lipinski definition) is 0. The smallest absolute Gasteiger partial charge is 0.0789 e. The molecular weight excluding hydrogens is 322 g/mol. The topological polar surface area (TPSA) is 0 Å². The summed E-state index contributed by atoms with van der Waals surface area (Å²) in [6.07, 6.45) is 6.90. The van der Waals surface area contributed by atoms with E-state index in [0.717, 1.165) is 17.8 Å². The van der Waals surface area contributed by atoms with Crippen molar-refractivity contribution in [1.82, 2.24) is 0 Å². The van der Waals surface area contributed by atoms with E-state index in [1.54, 1.807) is 0 Å². The van der Waals surface area contributed by atoms with Gasteiger partial charge in [-0.05, 0) is 43.4 Å². The summed E-state index contributed by atoms with van der Waals surface area (Å²) in [5.41, 5.74) is 0. The molecule has 0 aliphatic carbocycles. The fourth-order valence-corrected chi connectivity index (χ4v) is 2.76. The molecule has 130 valence electrons. The Morgan fingerprint density at radius 1 is 0.619 bits per heavy atom. The molecule has 0 bridgehead atoms. The molecule has 0 amide bonds. The molecule has 0 aromatic heterocycles. The van der Waals surface area contributed by atoms with Gasteiger partial charge in [0, 0.05) is 0 Å². The summed E-state index contributed by atoms with van der Waals surface area (Å²) in [5, 5.41) is 0. The van der Waals surface area contributed by atoms with Crippen molar-refractivity contribution in [3.8, 4) is 0 Å². The van der Waals surface area contributed by atoms with Crippen LogP contribution in [0, 0.1) is 17.8 Å². The third-order valence-corrected chi connectivity index (χ3v) is 4.53. The zero-order chi connectivity index (χ0) is 15.6. The van der Waals surface area contributed by atoms with Gasteiger partial charge >= 0.3 is 0 Å². The van der Waals surface area contributed by atoms with E-state index in [9.17, 15) is 0 Å². The third-order valence-electron chi connectivity index (χ3n) is 4.53. The standard InChI is InChI=1S/C19H42N.BrH/c1-8-9-13-20(14-10-17(2)3,15-11-18(4)5)16-12-19(6)7;/h17-19H,8-16H2,1-7H3;1H/q+1;/p-1. The van der Waals surface area contributed by atoms with E-state index in [0.29, 0.717) is 0 Å². The average molecular weight is 364 g/mol. The largest absolute Gasteiger partial charge is 1.00 e. The number of halogens is 1. The Bertz CT molecular complexity index is 192. The van der Waals surface area contributed by atoms with Crippen LogP contribution in [0.2, 0.25) is 0 Å². The highest BCUT2D eigenvalue weighted by Crippen LogP contribution is 2.20. The molecule has 0 saturated carbocycles. The Kier molecular flexibility index (Phi) is 14.6. The molecule has 0 aromatic rings. The van der Waals surface area contributed by atoms with Gasteiger partial charge in [0.25, 0.3) is 0 Å². The zero-order valence-corrected chi connectivity index (χ0v) is 17.5. The highest BCUT2D eigenvalue weighted by atomic mass is 79.9. The Labute approximate surface area is 146 Å². The van der Waals surface area contributed by atoms with Crippen LogP contribution in [0.5, 0.6) is 0 Å². The molecule has 0 fully saturated rings. The van der Waals surface area contributed by atoms with E-state index in [1.807, 2.05) is 0 Å². The van der Waals surface area contributed by atoms with Gasteiger partial charge in [0.1, 0.15) is 0 Å². The van der Waals surface area contributed by atoms with Crippen molar-refractivity contribution in [2.24, 2.45) is 17.8 Å². The number of hydrogen-bond donors (Lipinski definition) is 0. The summed E-state index contributed by atoms with van der Waals surface area (Å²) in [6, 6.07) is 0. The lowest BCUT2D eigenvalue weighted by Gasteiger charge is -2.40. The summed E-state index contributed by atoms with van der Waals surface area (Å²) >= 11 is 0. The highest BCUT2D eigenvalue weighted by molar-refractivity contribution is 4.55. The molecule has 1 nitrogen and oxygen atoms in total. The highest BCUT2D eigenvalue weighted by Gasteiger charge is 2.27. The molecule has 0 N–H and O–H groups in total. The van der Waals surface area contributed by atoms with E-state index >= 15 is 0 Å². The second-order valence-electron chi connectivity index (χ2n) is 8.14. The van der Waals surface area contributed by atoms with Crippen LogP contribution in [0.25, 0.3) is 0 Å². The van der Waals surface area contributed by atoms with Gasteiger partial charge in [-0.15, -0.1) is 0 Å². The van der Waals surface area contributed by atoms with Crippen LogP contribution in [0.3, 0.4) is 0 Å². The molecule has 0 saturated heterocycles. The minimum absolute atomic E-state index is 0. The molecule has 0 atom stereocenters. The summed E-state index contributed by atoms with van der Waals surface area (Å²) in [6.45, 7) is 22.2. The Morgan fingerprint density at radius 3 is 1.19 bits per heavy atom. The van der Waals surface area contributed by atoms with Crippen LogP contribution >= 0.6 is 0 Å². The molecule has 0 aliphatic heterocycles. The Hall–Kier alpha value is 0.440. The summed E-state index contributed by atoms with van der Waals surface area (Å²) in [4.78, 5) is 0. The molecule has 0 heterocycles. The van der Waals surface area contributed by atoms with Crippen LogP contribution in [-0.2, 0) is 0 Å². The lowest BCUT2D eigenvalue weighted by Crippen LogP contribution is -3.00. The number of quaternary nitrogens is 1.